The zero-order valence-corrected chi connectivity index (χ0v) is 17.5. The molecule has 2 N–H and O–H groups in total. The molecule has 0 saturated heterocycles. The van der Waals surface area contributed by atoms with Crippen LogP contribution in [0.1, 0.15) is 50.1 Å². The lowest BCUT2D eigenvalue weighted by atomic mass is 9.88. The summed E-state index contributed by atoms with van der Waals surface area (Å²) in [6.45, 7) is 2.59. The monoisotopic (exact) mass is 422 g/mol. The first-order chi connectivity index (χ1) is 14.5. The van der Waals surface area contributed by atoms with Crippen molar-refractivity contribution in [1.82, 2.24) is 5.32 Å². The number of thiophene rings is 1. The molecule has 0 bridgehead atoms. The number of fused-ring (bicyclic) bond motifs is 1. The normalized spacial score (nSPS) is 15.3. The number of halogens is 1. The highest BCUT2D eigenvalue weighted by Crippen LogP contribution is 2.40. The van der Waals surface area contributed by atoms with Gasteiger partial charge in [0.05, 0.1) is 11.1 Å². The van der Waals surface area contributed by atoms with E-state index in [4.69, 9.17) is 0 Å². The SMILES string of the molecule is C[C@@H]1CCc2c(sc(NC(=O)c3ccccc3F)c2C(=O)NCc2ccccc2)C1. The minimum absolute atomic E-state index is 0.0344. The van der Waals surface area contributed by atoms with E-state index in [-0.39, 0.29) is 11.5 Å². The number of carbonyl (C=O) groups excluding carboxylic acids is 2. The van der Waals surface area contributed by atoms with Gasteiger partial charge >= 0.3 is 0 Å². The van der Waals surface area contributed by atoms with Crippen LogP contribution in [0.5, 0.6) is 0 Å². The second kappa shape index (κ2) is 8.79. The molecule has 0 aliphatic heterocycles. The summed E-state index contributed by atoms with van der Waals surface area (Å²) in [6, 6.07) is 15.5. The molecular formula is C24H23FN2O2S. The summed E-state index contributed by atoms with van der Waals surface area (Å²) in [6.07, 6.45) is 2.69. The Balaban J connectivity index is 1.62. The Kier molecular flexibility index (Phi) is 5.95. The number of hydrogen-bond acceptors (Lipinski definition) is 3. The Labute approximate surface area is 179 Å². The fraction of sp³-hybridized carbons (Fsp3) is 0.250. The van der Waals surface area contributed by atoms with E-state index < -0.39 is 11.7 Å². The summed E-state index contributed by atoms with van der Waals surface area (Å²) in [5, 5.41) is 6.26. The van der Waals surface area contributed by atoms with Crippen LogP contribution in [0, 0.1) is 11.7 Å². The van der Waals surface area contributed by atoms with Crippen molar-refractivity contribution >= 4 is 28.2 Å². The summed E-state index contributed by atoms with van der Waals surface area (Å²) < 4.78 is 14.1. The summed E-state index contributed by atoms with van der Waals surface area (Å²) in [4.78, 5) is 26.9. The van der Waals surface area contributed by atoms with Crippen molar-refractivity contribution < 1.29 is 14.0 Å². The number of benzene rings is 2. The molecular weight excluding hydrogens is 399 g/mol. The molecule has 4 nitrogen and oxygen atoms in total. The quantitative estimate of drug-likeness (QED) is 0.594. The van der Waals surface area contributed by atoms with E-state index >= 15 is 0 Å². The maximum atomic E-state index is 14.1. The van der Waals surface area contributed by atoms with Gasteiger partial charge in [-0.25, -0.2) is 4.39 Å². The molecule has 0 spiro atoms. The number of amides is 2. The second-order valence-corrected chi connectivity index (χ2v) is 8.76. The van der Waals surface area contributed by atoms with E-state index in [1.165, 1.54) is 23.5 Å². The number of carbonyl (C=O) groups is 2. The summed E-state index contributed by atoms with van der Waals surface area (Å²) in [5.74, 6) is -0.807. The number of hydrogen-bond donors (Lipinski definition) is 2. The maximum absolute atomic E-state index is 14.1. The highest BCUT2D eigenvalue weighted by molar-refractivity contribution is 7.17. The minimum atomic E-state index is -0.583. The lowest BCUT2D eigenvalue weighted by Crippen LogP contribution is -2.26. The molecule has 6 heteroatoms. The number of rotatable bonds is 5. The molecule has 1 aliphatic rings. The molecule has 4 rings (SSSR count). The molecule has 2 aromatic carbocycles. The molecule has 1 heterocycles. The zero-order valence-electron chi connectivity index (χ0n) is 16.7. The van der Waals surface area contributed by atoms with Gasteiger partial charge < -0.3 is 10.6 Å². The van der Waals surface area contributed by atoms with Crippen molar-refractivity contribution in [3.05, 3.63) is 87.5 Å². The van der Waals surface area contributed by atoms with Crippen molar-refractivity contribution in [2.45, 2.75) is 32.7 Å². The zero-order chi connectivity index (χ0) is 21.1. The summed E-state index contributed by atoms with van der Waals surface area (Å²) in [7, 11) is 0. The van der Waals surface area contributed by atoms with Crippen molar-refractivity contribution in [2.24, 2.45) is 5.92 Å². The average Bonchev–Trinajstić information content (AvgIpc) is 3.09. The van der Waals surface area contributed by atoms with Crippen LogP contribution in [0.15, 0.2) is 54.6 Å². The van der Waals surface area contributed by atoms with Crippen LogP contribution in [-0.4, -0.2) is 11.8 Å². The van der Waals surface area contributed by atoms with E-state index in [1.54, 1.807) is 12.1 Å². The Morgan fingerprint density at radius 1 is 1.07 bits per heavy atom. The number of anilines is 1. The molecule has 2 amide bonds. The summed E-state index contributed by atoms with van der Waals surface area (Å²) in [5.41, 5.74) is 2.49. The molecule has 154 valence electrons. The average molecular weight is 423 g/mol. The van der Waals surface area contributed by atoms with Crippen LogP contribution in [0.4, 0.5) is 9.39 Å². The Hall–Kier alpha value is -2.99. The first-order valence-corrected chi connectivity index (χ1v) is 10.9. The van der Waals surface area contributed by atoms with Gasteiger partial charge in [-0.2, -0.15) is 0 Å². The van der Waals surface area contributed by atoms with Crippen molar-refractivity contribution in [1.29, 1.82) is 0 Å². The molecule has 1 aliphatic carbocycles. The predicted octanol–water partition coefficient (Wildman–Crippen LogP) is 5.19. The van der Waals surface area contributed by atoms with Gasteiger partial charge in [-0.3, -0.25) is 9.59 Å². The van der Waals surface area contributed by atoms with Gasteiger partial charge in [-0.1, -0.05) is 49.4 Å². The van der Waals surface area contributed by atoms with E-state index in [0.29, 0.717) is 23.0 Å². The first-order valence-electron chi connectivity index (χ1n) is 10.1. The van der Waals surface area contributed by atoms with Gasteiger partial charge in [0.15, 0.2) is 0 Å². The topological polar surface area (TPSA) is 58.2 Å². The van der Waals surface area contributed by atoms with Crippen LogP contribution >= 0.6 is 11.3 Å². The van der Waals surface area contributed by atoms with Crippen LogP contribution in [0.3, 0.4) is 0 Å². The molecule has 0 fully saturated rings. The molecule has 1 aromatic heterocycles. The molecule has 3 aromatic rings. The third-order valence-corrected chi connectivity index (χ3v) is 6.55. The predicted molar refractivity (Wildman–Crippen MR) is 117 cm³/mol. The minimum Gasteiger partial charge on any atom is -0.348 e. The van der Waals surface area contributed by atoms with Gasteiger partial charge in [0.2, 0.25) is 0 Å². The number of nitrogens with one attached hydrogen (secondary N) is 2. The van der Waals surface area contributed by atoms with Gasteiger partial charge in [-0.05, 0) is 48.4 Å². The Bertz CT molecular complexity index is 1080. The lowest BCUT2D eigenvalue weighted by molar-refractivity contribution is 0.0951. The lowest BCUT2D eigenvalue weighted by Gasteiger charge is -2.18. The Morgan fingerprint density at radius 2 is 1.80 bits per heavy atom. The van der Waals surface area contributed by atoms with E-state index in [2.05, 4.69) is 17.6 Å². The summed E-state index contributed by atoms with van der Waals surface area (Å²) >= 11 is 1.43. The standard InChI is InChI=1S/C24H23FN2O2S/c1-15-11-12-18-20(13-15)30-24(27-22(28)17-9-5-6-10-19(17)25)21(18)23(29)26-14-16-7-3-2-4-8-16/h2-10,15H,11-14H2,1H3,(H,26,29)(H,27,28)/t15-/m1/s1. The van der Waals surface area contributed by atoms with Crippen molar-refractivity contribution in [2.75, 3.05) is 5.32 Å². The third-order valence-electron chi connectivity index (χ3n) is 5.38. The first kappa shape index (κ1) is 20.3. The van der Waals surface area contributed by atoms with Gasteiger partial charge in [-0.15, -0.1) is 11.3 Å². The smallest absolute Gasteiger partial charge is 0.259 e. The van der Waals surface area contributed by atoms with Gasteiger partial charge in [0.25, 0.3) is 11.8 Å². The highest BCUT2D eigenvalue weighted by atomic mass is 32.1. The van der Waals surface area contributed by atoms with Crippen LogP contribution in [0.25, 0.3) is 0 Å². The van der Waals surface area contributed by atoms with Gasteiger partial charge in [0.1, 0.15) is 10.8 Å². The van der Waals surface area contributed by atoms with Crippen LogP contribution in [0.2, 0.25) is 0 Å². The largest absolute Gasteiger partial charge is 0.348 e. The maximum Gasteiger partial charge on any atom is 0.259 e. The van der Waals surface area contributed by atoms with Gasteiger partial charge in [0, 0.05) is 11.4 Å². The Morgan fingerprint density at radius 3 is 2.57 bits per heavy atom. The van der Waals surface area contributed by atoms with Crippen molar-refractivity contribution in [3.63, 3.8) is 0 Å². The highest BCUT2D eigenvalue weighted by Gasteiger charge is 2.28. The third kappa shape index (κ3) is 4.28. The van der Waals surface area contributed by atoms with E-state index in [0.717, 1.165) is 35.3 Å². The molecule has 0 unspecified atom stereocenters. The van der Waals surface area contributed by atoms with Crippen molar-refractivity contribution in [3.8, 4) is 0 Å². The molecule has 0 saturated carbocycles. The molecule has 30 heavy (non-hydrogen) atoms. The molecule has 0 radical (unpaired) electrons. The van der Waals surface area contributed by atoms with E-state index in [9.17, 15) is 14.0 Å². The van der Waals surface area contributed by atoms with Crippen LogP contribution in [-0.2, 0) is 19.4 Å². The fourth-order valence-electron chi connectivity index (χ4n) is 3.76. The van der Waals surface area contributed by atoms with Crippen LogP contribution < -0.4 is 10.6 Å². The second-order valence-electron chi connectivity index (χ2n) is 7.66. The fourth-order valence-corrected chi connectivity index (χ4v) is 5.16. The molecule has 1 atom stereocenters. The van der Waals surface area contributed by atoms with E-state index in [1.807, 2.05) is 30.3 Å².